The van der Waals surface area contributed by atoms with E-state index in [9.17, 15) is 59.1 Å². The summed E-state index contributed by atoms with van der Waals surface area (Å²) in [6.45, 7) is 12.8. The zero-order valence-electron chi connectivity index (χ0n) is 41.6. The van der Waals surface area contributed by atoms with E-state index in [1.54, 1.807) is 34.6 Å². The second-order valence-corrected chi connectivity index (χ2v) is 20.0. The van der Waals surface area contributed by atoms with E-state index >= 15 is 0 Å². The van der Waals surface area contributed by atoms with Gasteiger partial charge in [0.05, 0.1) is 42.0 Å². The molecule has 0 spiro atoms. The van der Waals surface area contributed by atoms with Gasteiger partial charge in [0.25, 0.3) is 0 Å². The monoisotopic (exact) mass is 1020 g/mol. The van der Waals surface area contributed by atoms with Crippen LogP contribution in [0.2, 0.25) is 0 Å². The lowest BCUT2D eigenvalue weighted by Crippen LogP contribution is -2.61. The Balaban J connectivity index is 0.0000110. The average Bonchev–Trinajstić information content (AvgIpc) is 3.27. The molecule has 0 aromatic heterocycles. The number of aromatic hydroxyl groups is 2. The molecule has 71 heavy (non-hydrogen) atoms. The van der Waals surface area contributed by atoms with Gasteiger partial charge in [0.2, 0.25) is 23.5 Å². The number of nitrogens with two attached hydrogens (primary N) is 1. The van der Waals surface area contributed by atoms with E-state index in [0.717, 1.165) is 0 Å². The second-order valence-electron chi connectivity index (χ2n) is 20.0. The fraction of sp³-hybridized carbons (Fsp3) is 0.612. The SMILES string of the molecule is COc1cccc2c1C(=O)c1c(O)c3c(c(O)c1C2=O)C[C@@](O)(C(=O)CO)C[C@@H]3OC1CC(NC(=O)[C@H](CCCCN)NC(=O)[C@H](CC(C)C)NC(=O)[C@@H](NC(=O)OC(C)(C)C)C(C)C)C(O)C(C)O1.Cl. The molecule has 22 heteroatoms. The Labute approximate surface area is 418 Å². The molecule has 1 heterocycles. The van der Waals surface area contributed by atoms with E-state index in [-0.39, 0.29) is 72.1 Å². The maximum Gasteiger partial charge on any atom is 0.408 e. The van der Waals surface area contributed by atoms with Crippen LogP contribution in [0.25, 0.3) is 0 Å². The number of Topliss-reactive ketones (excluding diaryl/α,β-unsaturated/α-hetero) is 1. The normalized spacial score (nSPS) is 22.9. The summed E-state index contributed by atoms with van der Waals surface area (Å²) >= 11 is 0. The van der Waals surface area contributed by atoms with Gasteiger partial charge in [-0.25, -0.2) is 4.79 Å². The van der Waals surface area contributed by atoms with Crippen molar-refractivity contribution in [3.05, 3.63) is 51.6 Å². The highest BCUT2D eigenvalue weighted by Crippen LogP contribution is 2.52. The lowest BCUT2D eigenvalue weighted by atomic mass is 9.72. The van der Waals surface area contributed by atoms with Gasteiger partial charge in [-0.05, 0) is 77.8 Å². The highest BCUT2D eigenvalue weighted by molar-refractivity contribution is 6.31. The Morgan fingerprint density at radius 1 is 0.915 bits per heavy atom. The molecule has 21 nitrogen and oxygen atoms in total. The molecule has 0 radical (unpaired) electrons. The van der Waals surface area contributed by atoms with Crippen molar-refractivity contribution < 1.29 is 78.0 Å². The average molecular weight is 1020 g/mol. The number of amides is 4. The summed E-state index contributed by atoms with van der Waals surface area (Å²) < 4.78 is 23.0. The summed E-state index contributed by atoms with van der Waals surface area (Å²) in [6.07, 6.45) is -6.69. The van der Waals surface area contributed by atoms with Crippen molar-refractivity contribution in [1.29, 1.82) is 0 Å². The number of methoxy groups -OCH3 is 1. The number of hydrogen-bond donors (Lipinski definition) is 10. The molecule has 2 aliphatic carbocycles. The van der Waals surface area contributed by atoms with Crippen molar-refractivity contribution in [3.8, 4) is 17.2 Å². The van der Waals surface area contributed by atoms with Crippen molar-refractivity contribution in [2.45, 2.75) is 160 Å². The van der Waals surface area contributed by atoms with Crippen molar-refractivity contribution in [1.82, 2.24) is 21.3 Å². The van der Waals surface area contributed by atoms with E-state index in [1.165, 1.54) is 32.2 Å². The zero-order chi connectivity index (χ0) is 52.2. The molecule has 0 bridgehead atoms. The molecule has 0 saturated carbocycles. The Morgan fingerprint density at radius 3 is 2.15 bits per heavy atom. The summed E-state index contributed by atoms with van der Waals surface area (Å²) in [4.78, 5) is 95.8. The number of carbonyl (C=O) groups is 7. The molecule has 11 N–H and O–H groups in total. The third kappa shape index (κ3) is 13.2. The highest BCUT2D eigenvalue weighted by Gasteiger charge is 2.50. The number of carbonyl (C=O) groups excluding carboxylic acids is 7. The van der Waals surface area contributed by atoms with Gasteiger partial charge in [-0.2, -0.15) is 0 Å². The quantitative estimate of drug-likeness (QED) is 0.0608. The van der Waals surface area contributed by atoms with Crippen LogP contribution in [-0.2, 0) is 39.8 Å². The van der Waals surface area contributed by atoms with Crippen LogP contribution >= 0.6 is 12.4 Å². The van der Waals surface area contributed by atoms with Crippen molar-refractivity contribution in [2.75, 3.05) is 20.3 Å². The van der Waals surface area contributed by atoms with Crippen LogP contribution in [0.4, 0.5) is 4.79 Å². The first-order valence-corrected chi connectivity index (χ1v) is 23.6. The number of ketones is 3. The molecule has 1 aliphatic heterocycles. The number of hydrogen-bond acceptors (Lipinski definition) is 17. The number of rotatable bonds is 19. The lowest BCUT2D eigenvalue weighted by Gasteiger charge is -2.43. The number of benzene rings is 2. The topological polar surface area (TPSA) is 332 Å². The number of aliphatic hydroxyl groups excluding tert-OH is 2. The van der Waals surface area contributed by atoms with E-state index < -0.39 is 149 Å². The predicted octanol–water partition coefficient (Wildman–Crippen LogP) is 2.27. The lowest BCUT2D eigenvalue weighted by molar-refractivity contribution is -0.249. The largest absolute Gasteiger partial charge is 0.507 e. The fourth-order valence-corrected chi connectivity index (χ4v) is 9.11. The minimum absolute atomic E-state index is 0. The third-order valence-electron chi connectivity index (χ3n) is 12.6. The van der Waals surface area contributed by atoms with E-state index in [4.69, 9.17) is 24.7 Å². The van der Waals surface area contributed by atoms with E-state index in [2.05, 4.69) is 21.3 Å². The Hall–Kier alpha value is -5.42. The zero-order valence-corrected chi connectivity index (χ0v) is 42.4. The van der Waals surface area contributed by atoms with Crippen LogP contribution in [0.3, 0.4) is 0 Å². The highest BCUT2D eigenvalue weighted by atomic mass is 35.5. The maximum absolute atomic E-state index is 14.2. The minimum Gasteiger partial charge on any atom is -0.507 e. The number of halogens is 1. The predicted molar refractivity (Wildman–Crippen MR) is 257 cm³/mol. The molecule has 5 rings (SSSR count). The third-order valence-corrected chi connectivity index (χ3v) is 12.6. The molecule has 1 saturated heterocycles. The molecule has 2 aromatic carbocycles. The summed E-state index contributed by atoms with van der Waals surface area (Å²) in [7, 11) is 1.29. The smallest absolute Gasteiger partial charge is 0.408 e. The fourth-order valence-electron chi connectivity index (χ4n) is 9.11. The van der Waals surface area contributed by atoms with Gasteiger partial charge in [-0.3, -0.25) is 28.8 Å². The summed E-state index contributed by atoms with van der Waals surface area (Å²) in [5, 5.41) is 67.5. The number of phenols is 2. The van der Waals surface area contributed by atoms with Gasteiger partial charge in [-0.1, -0.05) is 39.8 Å². The molecular weight excluding hydrogens is 950 g/mol. The van der Waals surface area contributed by atoms with Crippen LogP contribution in [0, 0.1) is 11.8 Å². The molecule has 9 atom stereocenters. The number of unbranched alkanes of at least 4 members (excludes halogenated alkanes) is 1. The molecule has 4 unspecified atom stereocenters. The molecule has 3 aliphatic rings. The van der Waals surface area contributed by atoms with Crippen molar-refractivity contribution >= 4 is 53.6 Å². The Kier molecular flexibility index (Phi) is 19.6. The standard InChI is InChI=1S/C49H69N5O16.ClH/c1-22(2)17-29(53-46(64)38(23(3)4)54-47(65)70-48(6,7)8)45(63)51-27(14-10-11-16-50)44(62)52-28-18-33(68-24(5)39(28)57)69-31-20-49(66,32(56)21-55)19-26-35(31)43(61)37-36(41(26)59)40(58)25-13-12-15-30(67-9)34(25)42(37)60;/h12-13,15,22-24,27-29,31,33,38-39,55,57,59,61,66H,10-11,14,16-21,50H2,1-9H3,(H,51,63)(H,52,62)(H,53,64)(H,54,65);1H/t24?,27-,28?,29-,31-,33?,38-,39?,49-;/m0./s1. The van der Waals surface area contributed by atoms with Gasteiger partial charge in [-0.15, -0.1) is 12.4 Å². The van der Waals surface area contributed by atoms with Crippen LogP contribution < -0.4 is 31.7 Å². The Morgan fingerprint density at radius 2 is 1.56 bits per heavy atom. The first-order valence-electron chi connectivity index (χ1n) is 23.6. The Bertz CT molecular complexity index is 2340. The van der Waals surface area contributed by atoms with Crippen molar-refractivity contribution in [2.24, 2.45) is 17.6 Å². The summed E-state index contributed by atoms with van der Waals surface area (Å²) in [5.41, 5.74) is 0.513. The number of nitrogens with one attached hydrogen (secondary N) is 4. The van der Waals surface area contributed by atoms with Crippen molar-refractivity contribution in [3.63, 3.8) is 0 Å². The first-order chi connectivity index (χ1) is 32.8. The van der Waals surface area contributed by atoms with Gasteiger partial charge < -0.3 is 71.5 Å². The molecule has 2 aromatic rings. The van der Waals surface area contributed by atoms with Gasteiger partial charge in [0.1, 0.15) is 59.3 Å². The van der Waals surface area contributed by atoms with Crippen LogP contribution in [-0.4, -0.2) is 141 Å². The molecular formula is C49H70ClN5O16. The van der Waals surface area contributed by atoms with Gasteiger partial charge in [0, 0.05) is 36.0 Å². The number of ether oxygens (including phenoxy) is 4. The number of fused-ring (bicyclic) bond motifs is 3. The van der Waals surface area contributed by atoms with Crippen LogP contribution in [0.5, 0.6) is 17.2 Å². The number of aliphatic hydroxyl groups is 3. The van der Waals surface area contributed by atoms with Gasteiger partial charge in [0.15, 0.2) is 17.9 Å². The second kappa shape index (κ2) is 23.9. The van der Waals surface area contributed by atoms with Crippen LogP contribution in [0.15, 0.2) is 18.2 Å². The van der Waals surface area contributed by atoms with Crippen LogP contribution in [0.1, 0.15) is 143 Å². The van der Waals surface area contributed by atoms with Gasteiger partial charge >= 0.3 is 6.09 Å². The summed E-state index contributed by atoms with van der Waals surface area (Å²) in [6, 6.07) is -0.318. The van der Waals surface area contributed by atoms with E-state index in [0.29, 0.717) is 12.8 Å². The number of phenolic OH excluding ortho intramolecular Hbond substituents is 2. The molecule has 4 amide bonds. The van der Waals surface area contributed by atoms with E-state index in [1.807, 2.05) is 13.8 Å². The maximum atomic E-state index is 14.2. The molecule has 1 fully saturated rings. The number of alkyl carbamates (subject to hydrolysis) is 1. The first kappa shape index (κ1) is 58.2. The minimum atomic E-state index is -2.42. The summed E-state index contributed by atoms with van der Waals surface area (Å²) in [5.74, 6) is -6.92. The molecule has 394 valence electrons.